The number of carbonyl (C=O) groups excluding carboxylic acids is 1. The zero-order valence-electron chi connectivity index (χ0n) is 11.7. The van der Waals surface area contributed by atoms with Gasteiger partial charge in [0.25, 0.3) is 0 Å². The molecule has 0 aliphatic rings. The van der Waals surface area contributed by atoms with E-state index in [0.717, 1.165) is 11.6 Å². The van der Waals surface area contributed by atoms with Crippen molar-refractivity contribution in [2.24, 2.45) is 7.05 Å². The number of aromatic nitrogens is 3. The molecule has 18 heavy (non-hydrogen) atoms. The quantitative estimate of drug-likeness (QED) is 0.821. The van der Waals surface area contributed by atoms with Gasteiger partial charge >= 0.3 is 0 Å². The first-order valence-corrected chi connectivity index (χ1v) is 6.24. The average Bonchev–Trinajstić information content (AvgIpc) is 2.68. The Labute approximate surface area is 108 Å². The van der Waals surface area contributed by atoms with E-state index in [-0.39, 0.29) is 5.91 Å². The molecule has 1 aromatic heterocycles. The summed E-state index contributed by atoms with van der Waals surface area (Å²) in [6, 6.07) is 0. The first-order chi connectivity index (χ1) is 8.47. The first-order valence-electron chi connectivity index (χ1n) is 6.24. The lowest BCUT2D eigenvalue weighted by Crippen LogP contribution is -2.34. The summed E-state index contributed by atoms with van der Waals surface area (Å²) in [5.41, 5.74) is 0. The predicted molar refractivity (Wildman–Crippen MR) is 68.0 cm³/mol. The fourth-order valence-corrected chi connectivity index (χ4v) is 1.67. The summed E-state index contributed by atoms with van der Waals surface area (Å²) >= 11 is 0. The van der Waals surface area contributed by atoms with Crippen molar-refractivity contribution in [2.75, 3.05) is 6.61 Å². The van der Waals surface area contributed by atoms with E-state index in [2.05, 4.69) is 29.4 Å². The Hall–Kier alpha value is -1.43. The van der Waals surface area contributed by atoms with Crippen LogP contribution in [-0.4, -0.2) is 33.4 Å². The van der Waals surface area contributed by atoms with Gasteiger partial charge in [-0.3, -0.25) is 4.79 Å². The Morgan fingerprint density at radius 1 is 1.39 bits per heavy atom. The number of nitrogens with one attached hydrogen (secondary N) is 1. The SMILES string of the molecule is CCO[C@H](C)C(=O)NCc1nnc(C(C)C)n1C. The Bertz CT molecular complexity index is 401. The standard InChI is InChI=1S/C12H22N4O2/c1-6-18-9(4)12(17)13-7-10-14-15-11(8(2)3)16(10)5/h8-9H,6-7H2,1-5H3,(H,13,17)/t9-/m1/s1. The lowest BCUT2D eigenvalue weighted by Gasteiger charge is -2.12. The summed E-state index contributed by atoms with van der Waals surface area (Å²) in [7, 11) is 1.91. The molecule has 6 heteroatoms. The van der Waals surface area contributed by atoms with E-state index >= 15 is 0 Å². The Morgan fingerprint density at radius 3 is 2.56 bits per heavy atom. The van der Waals surface area contributed by atoms with Crippen LogP contribution < -0.4 is 5.32 Å². The molecular formula is C12H22N4O2. The molecule has 0 aromatic carbocycles. The maximum absolute atomic E-state index is 11.7. The molecule has 1 heterocycles. The van der Waals surface area contributed by atoms with Crippen LogP contribution in [0.15, 0.2) is 0 Å². The van der Waals surface area contributed by atoms with E-state index in [1.54, 1.807) is 6.92 Å². The van der Waals surface area contributed by atoms with Crippen molar-refractivity contribution >= 4 is 5.91 Å². The van der Waals surface area contributed by atoms with Crippen LogP contribution in [0, 0.1) is 0 Å². The number of hydrogen-bond donors (Lipinski definition) is 1. The highest BCUT2D eigenvalue weighted by molar-refractivity contribution is 5.80. The van der Waals surface area contributed by atoms with Crippen LogP contribution in [0.4, 0.5) is 0 Å². The molecule has 1 amide bonds. The van der Waals surface area contributed by atoms with Crippen molar-refractivity contribution in [2.45, 2.75) is 46.3 Å². The molecule has 0 bridgehead atoms. The lowest BCUT2D eigenvalue weighted by molar-refractivity contribution is -0.131. The van der Waals surface area contributed by atoms with Crippen LogP contribution in [0.1, 0.15) is 45.3 Å². The monoisotopic (exact) mass is 254 g/mol. The number of amides is 1. The highest BCUT2D eigenvalue weighted by Crippen LogP contribution is 2.11. The van der Waals surface area contributed by atoms with Gasteiger partial charge < -0.3 is 14.6 Å². The predicted octanol–water partition coefficient (Wildman–Crippen LogP) is 0.980. The maximum atomic E-state index is 11.7. The van der Waals surface area contributed by atoms with Crippen LogP contribution in [0.3, 0.4) is 0 Å². The molecular weight excluding hydrogens is 232 g/mol. The van der Waals surface area contributed by atoms with Crippen LogP contribution in [0.2, 0.25) is 0 Å². The molecule has 6 nitrogen and oxygen atoms in total. The molecule has 1 atom stereocenters. The molecule has 1 rings (SSSR count). The van der Waals surface area contributed by atoms with Crippen molar-refractivity contribution in [1.29, 1.82) is 0 Å². The highest BCUT2D eigenvalue weighted by atomic mass is 16.5. The molecule has 1 aromatic rings. The van der Waals surface area contributed by atoms with Gasteiger partial charge in [-0.15, -0.1) is 10.2 Å². The molecule has 1 N–H and O–H groups in total. The summed E-state index contributed by atoms with van der Waals surface area (Å²) in [6.07, 6.45) is -0.437. The van der Waals surface area contributed by atoms with E-state index in [9.17, 15) is 4.79 Å². The minimum absolute atomic E-state index is 0.133. The molecule has 0 saturated heterocycles. The van der Waals surface area contributed by atoms with Gasteiger partial charge in [0.1, 0.15) is 11.9 Å². The number of ether oxygens (including phenoxy) is 1. The fraction of sp³-hybridized carbons (Fsp3) is 0.750. The summed E-state index contributed by atoms with van der Waals surface area (Å²) < 4.78 is 7.12. The van der Waals surface area contributed by atoms with Crippen LogP contribution in [0.25, 0.3) is 0 Å². The van der Waals surface area contributed by atoms with Gasteiger partial charge in [-0.25, -0.2) is 0 Å². The van der Waals surface area contributed by atoms with Crippen LogP contribution in [-0.2, 0) is 23.1 Å². The van der Waals surface area contributed by atoms with Gasteiger partial charge in [-0.05, 0) is 13.8 Å². The van der Waals surface area contributed by atoms with Crippen LogP contribution >= 0.6 is 0 Å². The number of nitrogens with zero attached hydrogens (tertiary/aromatic N) is 3. The molecule has 0 unspecified atom stereocenters. The van der Waals surface area contributed by atoms with Gasteiger partial charge in [0.05, 0.1) is 6.54 Å². The van der Waals surface area contributed by atoms with Gasteiger partial charge in [0.2, 0.25) is 5.91 Å². The van der Waals surface area contributed by atoms with Crippen LogP contribution in [0.5, 0.6) is 0 Å². The third-order valence-corrected chi connectivity index (χ3v) is 2.72. The van der Waals surface area contributed by atoms with Gasteiger partial charge in [0.15, 0.2) is 5.82 Å². The smallest absolute Gasteiger partial charge is 0.249 e. The van der Waals surface area contributed by atoms with E-state index in [1.807, 2.05) is 18.5 Å². The highest BCUT2D eigenvalue weighted by Gasteiger charge is 2.15. The second kappa shape index (κ2) is 6.49. The van der Waals surface area contributed by atoms with Crippen molar-refractivity contribution in [3.63, 3.8) is 0 Å². The normalized spacial score (nSPS) is 12.8. The Kier molecular flexibility index (Phi) is 5.27. The maximum Gasteiger partial charge on any atom is 0.249 e. The summed E-state index contributed by atoms with van der Waals surface area (Å²) in [4.78, 5) is 11.7. The van der Waals surface area contributed by atoms with Gasteiger partial charge in [0, 0.05) is 19.6 Å². The van der Waals surface area contributed by atoms with Crippen molar-refractivity contribution < 1.29 is 9.53 Å². The van der Waals surface area contributed by atoms with Gasteiger partial charge in [-0.1, -0.05) is 13.8 Å². The minimum Gasteiger partial charge on any atom is -0.369 e. The Morgan fingerprint density at radius 2 is 2.06 bits per heavy atom. The van der Waals surface area contributed by atoms with E-state index in [0.29, 0.717) is 19.1 Å². The van der Waals surface area contributed by atoms with Gasteiger partial charge in [-0.2, -0.15) is 0 Å². The van der Waals surface area contributed by atoms with E-state index < -0.39 is 6.10 Å². The Balaban J connectivity index is 2.56. The second-order valence-electron chi connectivity index (χ2n) is 4.50. The third-order valence-electron chi connectivity index (χ3n) is 2.72. The van der Waals surface area contributed by atoms with E-state index in [1.165, 1.54) is 0 Å². The zero-order valence-corrected chi connectivity index (χ0v) is 11.7. The van der Waals surface area contributed by atoms with E-state index in [4.69, 9.17) is 4.74 Å². The first kappa shape index (κ1) is 14.6. The molecule has 0 radical (unpaired) electrons. The fourth-order valence-electron chi connectivity index (χ4n) is 1.67. The lowest BCUT2D eigenvalue weighted by atomic mass is 10.2. The summed E-state index contributed by atoms with van der Waals surface area (Å²) in [6.45, 7) is 8.60. The van der Waals surface area contributed by atoms with Crippen molar-refractivity contribution in [3.05, 3.63) is 11.6 Å². The third kappa shape index (κ3) is 3.53. The summed E-state index contributed by atoms with van der Waals surface area (Å²) in [5, 5.41) is 11.0. The zero-order chi connectivity index (χ0) is 13.7. The molecule has 0 aliphatic carbocycles. The topological polar surface area (TPSA) is 69.0 Å². The minimum atomic E-state index is -0.437. The molecule has 0 aliphatic heterocycles. The van der Waals surface area contributed by atoms with Crippen molar-refractivity contribution in [1.82, 2.24) is 20.1 Å². The number of hydrogen-bond acceptors (Lipinski definition) is 4. The molecule has 0 fully saturated rings. The molecule has 102 valence electrons. The number of carbonyl (C=O) groups is 1. The average molecular weight is 254 g/mol. The van der Waals surface area contributed by atoms with Crippen molar-refractivity contribution in [3.8, 4) is 0 Å². The number of rotatable bonds is 6. The molecule has 0 saturated carbocycles. The largest absolute Gasteiger partial charge is 0.369 e. The molecule has 0 spiro atoms. The summed E-state index contributed by atoms with van der Waals surface area (Å²) in [5.74, 6) is 1.84. The second-order valence-corrected chi connectivity index (χ2v) is 4.50.